The Balaban J connectivity index is 2.37. The zero-order valence-electron chi connectivity index (χ0n) is 21.1. The van der Waals surface area contributed by atoms with Gasteiger partial charge in [0.1, 0.15) is 37.1 Å². The fourth-order valence-electron chi connectivity index (χ4n) is 3.92. The molecule has 0 saturated carbocycles. The number of esters is 2. The molecule has 2 unspecified atom stereocenters. The lowest BCUT2D eigenvalue weighted by Gasteiger charge is -2.45. The van der Waals surface area contributed by atoms with Crippen molar-refractivity contribution in [2.45, 2.75) is 102 Å². The highest BCUT2D eigenvalue weighted by molar-refractivity contribution is 5.72. The van der Waals surface area contributed by atoms with Crippen LogP contribution < -0.4 is 0 Å². The first kappa shape index (κ1) is 30.8. The minimum atomic E-state index is -2.32. The van der Waals surface area contributed by atoms with Crippen LogP contribution in [0.5, 0.6) is 0 Å². The van der Waals surface area contributed by atoms with Gasteiger partial charge in [0.25, 0.3) is 0 Å². The molecule has 2 fully saturated rings. The molecule has 2 aliphatic rings. The quantitative estimate of drug-likeness (QED) is 0.156. The first-order chi connectivity index (χ1) is 17.0. The zero-order valence-corrected chi connectivity index (χ0v) is 21.1. The van der Waals surface area contributed by atoms with Crippen LogP contribution in [0.3, 0.4) is 0 Å². The second-order valence-corrected chi connectivity index (χ2v) is 9.46. The molecule has 2 aliphatic heterocycles. The highest BCUT2D eigenvalue weighted by Gasteiger charge is 2.59. The molecule has 0 aromatic heterocycles. The monoisotopic (exact) mass is 524 g/mol. The van der Waals surface area contributed by atoms with Crippen LogP contribution in [0.2, 0.25) is 0 Å². The molecule has 2 heterocycles. The summed E-state index contributed by atoms with van der Waals surface area (Å²) in [7, 11) is 0. The van der Waals surface area contributed by atoms with E-state index in [-0.39, 0.29) is 12.3 Å². The van der Waals surface area contributed by atoms with E-state index in [1.165, 1.54) is 0 Å². The van der Waals surface area contributed by atoms with Gasteiger partial charge in [-0.25, -0.2) is 0 Å². The van der Waals surface area contributed by atoms with Crippen molar-refractivity contribution in [3.8, 4) is 0 Å². The SMILES string of the molecule is CCC(C)CC(=O)O[C@H]1[C@@H](O[C@]2(CO)O[C@H](CO)[C@@H](O)[C@@H]2O)O[C@H](CO)[C@@H](OC(=O)C(C)CC)[C@@H]1O. The maximum atomic E-state index is 12.6. The maximum absolute atomic E-state index is 12.6. The summed E-state index contributed by atoms with van der Waals surface area (Å²) >= 11 is 0. The van der Waals surface area contributed by atoms with Crippen molar-refractivity contribution < 1.29 is 63.9 Å². The summed E-state index contributed by atoms with van der Waals surface area (Å²) in [4.78, 5) is 25.0. The summed E-state index contributed by atoms with van der Waals surface area (Å²) in [6, 6.07) is 0. The Morgan fingerprint density at radius 1 is 0.917 bits per heavy atom. The largest absolute Gasteiger partial charge is 0.456 e. The Morgan fingerprint density at radius 3 is 2.06 bits per heavy atom. The molecule has 0 aromatic rings. The third kappa shape index (κ3) is 6.71. The number of aliphatic hydroxyl groups excluding tert-OH is 6. The summed E-state index contributed by atoms with van der Waals surface area (Å²) < 4.78 is 27.6. The third-order valence-corrected chi connectivity index (χ3v) is 6.77. The molecule has 0 amide bonds. The average Bonchev–Trinajstić information content (AvgIpc) is 3.11. The topological polar surface area (TPSA) is 202 Å². The molecule has 2 saturated heterocycles. The lowest BCUT2D eigenvalue weighted by atomic mass is 9.97. The number of hydrogen-bond donors (Lipinski definition) is 6. The molecule has 36 heavy (non-hydrogen) atoms. The molecule has 6 N–H and O–H groups in total. The van der Waals surface area contributed by atoms with Crippen LogP contribution >= 0.6 is 0 Å². The van der Waals surface area contributed by atoms with E-state index in [0.29, 0.717) is 12.8 Å². The number of aliphatic hydroxyl groups is 6. The molecule has 0 bridgehead atoms. The minimum Gasteiger partial charge on any atom is -0.456 e. The van der Waals surface area contributed by atoms with Crippen LogP contribution in [0.15, 0.2) is 0 Å². The zero-order chi connectivity index (χ0) is 27.2. The summed E-state index contributed by atoms with van der Waals surface area (Å²) in [5.41, 5.74) is 0. The Labute approximate surface area is 209 Å². The molecular weight excluding hydrogens is 484 g/mol. The van der Waals surface area contributed by atoms with Crippen molar-refractivity contribution in [3.05, 3.63) is 0 Å². The molecular formula is C23H40O13. The molecule has 13 nitrogen and oxygen atoms in total. The van der Waals surface area contributed by atoms with Crippen molar-refractivity contribution in [1.29, 1.82) is 0 Å². The van der Waals surface area contributed by atoms with Gasteiger partial charge < -0.3 is 54.3 Å². The van der Waals surface area contributed by atoms with Gasteiger partial charge in [0.2, 0.25) is 12.1 Å². The minimum absolute atomic E-state index is 0.0112. The number of carbonyl (C=O) groups is 2. The van der Waals surface area contributed by atoms with E-state index in [0.717, 1.165) is 0 Å². The van der Waals surface area contributed by atoms with Gasteiger partial charge in [-0.1, -0.05) is 34.1 Å². The maximum Gasteiger partial charge on any atom is 0.309 e. The fourth-order valence-corrected chi connectivity index (χ4v) is 3.92. The van der Waals surface area contributed by atoms with E-state index in [9.17, 15) is 40.2 Å². The third-order valence-electron chi connectivity index (χ3n) is 6.77. The molecule has 13 heteroatoms. The Kier molecular flexibility index (Phi) is 11.5. The van der Waals surface area contributed by atoms with Crippen molar-refractivity contribution in [2.24, 2.45) is 11.8 Å². The normalized spacial score (nSPS) is 38.4. The van der Waals surface area contributed by atoms with Crippen molar-refractivity contribution >= 4 is 11.9 Å². The summed E-state index contributed by atoms with van der Waals surface area (Å²) in [5.74, 6) is -4.28. The fraction of sp³-hybridized carbons (Fsp3) is 0.913. The number of hydrogen-bond acceptors (Lipinski definition) is 13. The number of ether oxygens (including phenoxy) is 5. The van der Waals surface area contributed by atoms with Gasteiger partial charge >= 0.3 is 11.9 Å². The summed E-state index contributed by atoms with van der Waals surface area (Å²) in [6.07, 6.45) is -11.6. The first-order valence-corrected chi connectivity index (χ1v) is 12.3. The van der Waals surface area contributed by atoms with Gasteiger partial charge in [-0.3, -0.25) is 9.59 Å². The van der Waals surface area contributed by atoms with E-state index in [2.05, 4.69) is 0 Å². The van der Waals surface area contributed by atoms with Crippen molar-refractivity contribution in [2.75, 3.05) is 19.8 Å². The number of rotatable bonds is 12. The standard InChI is InChI=1S/C23H40O13/c1-5-11(3)7-15(27)33-19-17(29)18(34-21(31)12(4)6-2)14(9-25)32-22(19)36-23(10-26)20(30)16(28)13(8-24)35-23/h11-14,16-20,22,24-26,28-30H,5-10H2,1-4H3/t11?,12?,13-,14-,16-,17+,18-,19-,20+,22-,23+/m1/s1. The van der Waals surface area contributed by atoms with Gasteiger partial charge in [0.15, 0.2) is 12.2 Å². The molecule has 0 spiro atoms. The van der Waals surface area contributed by atoms with Gasteiger partial charge in [-0.15, -0.1) is 0 Å². The van der Waals surface area contributed by atoms with Crippen LogP contribution in [0, 0.1) is 11.8 Å². The predicted molar refractivity (Wildman–Crippen MR) is 120 cm³/mol. The van der Waals surface area contributed by atoms with E-state index < -0.39 is 92.5 Å². The highest BCUT2D eigenvalue weighted by atomic mass is 16.8. The average molecular weight is 525 g/mol. The van der Waals surface area contributed by atoms with E-state index >= 15 is 0 Å². The van der Waals surface area contributed by atoms with Gasteiger partial charge in [-0.05, 0) is 12.3 Å². The van der Waals surface area contributed by atoms with Crippen LogP contribution in [-0.2, 0) is 33.3 Å². The van der Waals surface area contributed by atoms with Gasteiger partial charge in [-0.2, -0.15) is 0 Å². The Bertz CT molecular complexity index is 720. The van der Waals surface area contributed by atoms with E-state index in [1.54, 1.807) is 13.8 Å². The summed E-state index contributed by atoms with van der Waals surface area (Å²) in [6.45, 7) is 4.63. The smallest absolute Gasteiger partial charge is 0.309 e. The van der Waals surface area contributed by atoms with Crippen LogP contribution in [0.1, 0.15) is 47.0 Å². The Hall–Kier alpha value is -1.42. The Morgan fingerprint density at radius 2 is 1.56 bits per heavy atom. The van der Waals surface area contributed by atoms with Crippen LogP contribution in [0.25, 0.3) is 0 Å². The van der Waals surface area contributed by atoms with Crippen LogP contribution in [-0.4, -0.2) is 117 Å². The van der Waals surface area contributed by atoms with E-state index in [1.807, 2.05) is 13.8 Å². The molecule has 0 aliphatic carbocycles. The van der Waals surface area contributed by atoms with Gasteiger partial charge in [0.05, 0.1) is 19.1 Å². The summed E-state index contributed by atoms with van der Waals surface area (Å²) in [5, 5.41) is 61.0. The lowest BCUT2D eigenvalue weighted by Crippen LogP contribution is -2.64. The van der Waals surface area contributed by atoms with Gasteiger partial charge in [0, 0.05) is 6.42 Å². The molecule has 2 rings (SSSR count). The molecule has 11 atom stereocenters. The van der Waals surface area contributed by atoms with Crippen molar-refractivity contribution in [3.63, 3.8) is 0 Å². The highest BCUT2D eigenvalue weighted by Crippen LogP contribution is 2.37. The second-order valence-electron chi connectivity index (χ2n) is 9.46. The molecule has 0 aromatic carbocycles. The van der Waals surface area contributed by atoms with Crippen molar-refractivity contribution in [1.82, 2.24) is 0 Å². The lowest BCUT2D eigenvalue weighted by molar-refractivity contribution is -0.384. The predicted octanol–water partition coefficient (Wildman–Crippen LogP) is -1.81. The first-order valence-electron chi connectivity index (χ1n) is 12.3. The molecule has 0 radical (unpaired) electrons. The number of carbonyl (C=O) groups excluding carboxylic acids is 2. The van der Waals surface area contributed by atoms with Crippen LogP contribution in [0.4, 0.5) is 0 Å². The molecule has 210 valence electrons. The van der Waals surface area contributed by atoms with E-state index in [4.69, 9.17) is 23.7 Å². The second kappa shape index (κ2) is 13.4.